The first-order chi connectivity index (χ1) is 22.7. The molecule has 242 valence electrons. The lowest BCUT2D eigenvalue weighted by atomic mass is 9.95. The van der Waals surface area contributed by atoms with Crippen LogP contribution in [0.1, 0.15) is 25.7 Å². The Balaban J connectivity index is 1.36. The number of hydrogen-bond donors (Lipinski definition) is 0. The summed E-state index contributed by atoms with van der Waals surface area (Å²) >= 11 is 6.54. The molecule has 3 saturated heterocycles. The van der Waals surface area contributed by atoms with Gasteiger partial charge in [0, 0.05) is 48.4 Å². The average Bonchev–Trinajstić information content (AvgIpc) is 3.59. The molecule has 4 aromatic rings. The smallest absolute Gasteiger partial charge is 0.319 e. The van der Waals surface area contributed by atoms with Crippen LogP contribution in [0.2, 0.25) is 5.02 Å². The first-order valence-corrected chi connectivity index (χ1v) is 16.0. The molecule has 12 heteroatoms. The lowest BCUT2D eigenvalue weighted by Gasteiger charge is -2.41. The largest absolute Gasteiger partial charge is 0.461 e. The van der Waals surface area contributed by atoms with Gasteiger partial charge in [-0.2, -0.15) is 15.2 Å². The summed E-state index contributed by atoms with van der Waals surface area (Å²) in [6.45, 7) is 5.50. The number of halogens is 4. The van der Waals surface area contributed by atoms with Gasteiger partial charge in [-0.25, -0.2) is 13.2 Å². The molecular weight excluding hydrogens is 629 g/mol. The third kappa shape index (κ3) is 5.43. The Hall–Kier alpha value is -4.40. The molecule has 0 spiro atoms. The van der Waals surface area contributed by atoms with Crippen molar-refractivity contribution >= 4 is 45.0 Å². The highest BCUT2D eigenvalue weighted by Crippen LogP contribution is 2.42. The van der Waals surface area contributed by atoms with E-state index < -0.39 is 29.4 Å². The fourth-order valence-electron chi connectivity index (χ4n) is 7.60. The second-order valence-corrected chi connectivity index (χ2v) is 12.9. The predicted molar refractivity (Wildman–Crippen MR) is 174 cm³/mol. The van der Waals surface area contributed by atoms with Crippen LogP contribution in [0.15, 0.2) is 55.1 Å². The minimum atomic E-state index is -0.964. The normalized spacial score (nSPS) is 22.9. The third-order valence-electron chi connectivity index (χ3n) is 9.76. The summed E-state index contributed by atoms with van der Waals surface area (Å²) in [6.07, 6.45) is 2.28. The van der Waals surface area contributed by atoms with Crippen molar-refractivity contribution in [2.45, 2.75) is 43.4 Å². The van der Waals surface area contributed by atoms with Gasteiger partial charge in [-0.3, -0.25) is 9.69 Å². The van der Waals surface area contributed by atoms with Gasteiger partial charge in [-0.15, -0.1) is 0 Å². The lowest BCUT2D eigenvalue weighted by Crippen LogP contribution is -2.55. The van der Waals surface area contributed by atoms with Crippen LogP contribution >= 0.6 is 11.6 Å². The Morgan fingerprint density at radius 3 is 2.77 bits per heavy atom. The number of nitriles is 1. The number of alkyl halides is 1. The van der Waals surface area contributed by atoms with Crippen LogP contribution < -0.4 is 9.64 Å². The van der Waals surface area contributed by atoms with E-state index in [0.29, 0.717) is 23.4 Å². The van der Waals surface area contributed by atoms with E-state index in [1.807, 2.05) is 12.1 Å². The van der Waals surface area contributed by atoms with Crippen molar-refractivity contribution in [3.05, 3.63) is 71.8 Å². The van der Waals surface area contributed by atoms with Crippen LogP contribution in [0.5, 0.6) is 6.01 Å². The monoisotopic (exact) mass is 660 g/mol. The molecular formula is C35H32ClF3N6O2. The van der Waals surface area contributed by atoms with Gasteiger partial charge < -0.3 is 14.5 Å². The van der Waals surface area contributed by atoms with E-state index >= 15 is 8.78 Å². The number of nitrogens with zero attached hydrogens (tertiary/aromatic N) is 6. The van der Waals surface area contributed by atoms with E-state index in [-0.39, 0.29) is 72.4 Å². The van der Waals surface area contributed by atoms with Gasteiger partial charge >= 0.3 is 6.01 Å². The summed E-state index contributed by atoms with van der Waals surface area (Å²) in [7, 11) is 0. The van der Waals surface area contributed by atoms with Gasteiger partial charge in [0.05, 0.1) is 29.6 Å². The van der Waals surface area contributed by atoms with Crippen LogP contribution in [0.4, 0.5) is 19.0 Å². The van der Waals surface area contributed by atoms with Crippen molar-refractivity contribution in [1.82, 2.24) is 19.8 Å². The fraction of sp³-hybridized carbons (Fsp3) is 0.371. The van der Waals surface area contributed by atoms with Crippen LogP contribution in [-0.2, 0) is 4.79 Å². The number of rotatable bonds is 7. The topological polar surface area (TPSA) is 85.6 Å². The molecule has 0 N–H and O–H groups in total. The zero-order valence-electron chi connectivity index (χ0n) is 25.6. The van der Waals surface area contributed by atoms with Gasteiger partial charge in [0.2, 0.25) is 5.91 Å². The van der Waals surface area contributed by atoms with Crippen molar-refractivity contribution in [1.29, 1.82) is 5.26 Å². The second kappa shape index (κ2) is 12.3. The summed E-state index contributed by atoms with van der Waals surface area (Å²) in [5, 5.41) is 11.2. The van der Waals surface area contributed by atoms with Crippen LogP contribution in [0.25, 0.3) is 32.8 Å². The number of amides is 1. The summed E-state index contributed by atoms with van der Waals surface area (Å²) in [4.78, 5) is 27.2. The maximum Gasteiger partial charge on any atom is 0.319 e. The lowest BCUT2D eigenvalue weighted by molar-refractivity contribution is -0.128. The van der Waals surface area contributed by atoms with Gasteiger partial charge in [0.1, 0.15) is 29.9 Å². The first kappa shape index (κ1) is 31.2. The number of anilines is 1. The minimum Gasteiger partial charge on any atom is -0.461 e. The molecule has 0 bridgehead atoms. The van der Waals surface area contributed by atoms with Crippen molar-refractivity contribution in [2.75, 3.05) is 44.2 Å². The molecule has 0 radical (unpaired) electrons. The van der Waals surface area contributed by atoms with E-state index in [0.717, 1.165) is 24.8 Å². The SMILES string of the molecule is C=CC(=O)N1CCN(c2nc(OCC34CCCN3C[C@H](F)C4)nc3c(F)c(-c4cccc5cccc(Cl)c45)c(F)cc23)C[C@@H]1CC#N. The van der Waals surface area contributed by atoms with E-state index in [1.165, 1.54) is 12.1 Å². The minimum absolute atomic E-state index is 0.0416. The van der Waals surface area contributed by atoms with E-state index in [2.05, 4.69) is 27.5 Å². The molecule has 3 aliphatic heterocycles. The Kier molecular flexibility index (Phi) is 8.18. The maximum atomic E-state index is 16.8. The fourth-order valence-corrected chi connectivity index (χ4v) is 7.88. The Morgan fingerprint density at radius 1 is 1.17 bits per heavy atom. The maximum absolute atomic E-state index is 16.8. The number of carbonyl (C=O) groups is 1. The number of fused-ring (bicyclic) bond motifs is 3. The van der Waals surface area contributed by atoms with Crippen LogP contribution in [0, 0.1) is 23.0 Å². The van der Waals surface area contributed by atoms with Gasteiger partial charge in [-0.1, -0.05) is 48.5 Å². The molecule has 3 fully saturated rings. The highest BCUT2D eigenvalue weighted by Gasteiger charge is 2.49. The quantitative estimate of drug-likeness (QED) is 0.211. The zero-order valence-corrected chi connectivity index (χ0v) is 26.3. The van der Waals surface area contributed by atoms with Crippen LogP contribution in [0.3, 0.4) is 0 Å². The summed E-state index contributed by atoms with van der Waals surface area (Å²) in [5.74, 6) is -1.81. The second-order valence-electron chi connectivity index (χ2n) is 12.5. The van der Waals surface area contributed by atoms with Gasteiger partial charge in [0.15, 0.2) is 5.82 Å². The van der Waals surface area contributed by atoms with Crippen molar-refractivity contribution in [3.8, 4) is 23.2 Å². The molecule has 47 heavy (non-hydrogen) atoms. The van der Waals surface area contributed by atoms with Crippen molar-refractivity contribution < 1.29 is 22.7 Å². The molecule has 1 unspecified atom stereocenters. The van der Waals surface area contributed by atoms with Gasteiger partial charge in [-0.05, 0) is 48.5 Å². The number of piperazine rings is 1. The molecule has 0 saturated carbocycles. The molecule has 3 aliphatic rings. The van der Waals surface area contributed by atoms with E-state index in [4.69, 9.17) is 16.3 Å². The molecule has 3 atom stereocenters. The van der Waals surface area contributed by atoms with E-state index in [9.17, 15) is 14.4 Å². The molecule has 0 aliphatic carbocycles. The Labute approximate surface area is 275 Å². The highest BCUT2D eigenvalue weighted by atomic mass is 35.5. The van der Waals surface area contributed by atoms with Crippen LogP contribution in [-0.4, -0.2) is 82.8 Å². The molecule has 1 aromatic heterocycles. The molecule has 7 rings (SSSR count). The Bertz CT molecular complexity index is 1950. The number of aromatic nitrogens is 2. The number of carbonyl (C=O) groups excluding carboxylic acids is 1. The summed E-state index contributed by atoms with van der Waals surface area (Å²) in [5.41, 5.74) is -0.660. The Morgan fingerprint density at radius 2 is 1.98 bits per heavy atom. The van der Waals surface area contributed by atoms with Gasteiger partial charge in [0.25, 0.3) is 0 Å². The molecule has 8 nitrogen and oxygen atoms in total. The predicted octanol–water partition coefficient (Wildman–Crippen LogP) is 6.45. The average molecular weight is 661 g/mol. The number of ether oxygens (including phenoxy) is 1. The molecule has 3 aromatic carbocycles. The van der Waals surface area contributed by atoms with Crippen molar-refractivity contribution in [3.63, 3.8) is 0 Å². The zero-order chi connectivity index (χ0) is 32.9. The first-order valence-electron chi connectivity index (χ1n) is 15.7. The number of benzene rings is 3. The van der Waals surface area contributed by atoms with Crippen molar-refractivity contribution in [2.24, 2.45) is 0 Å². The molecule has 4 heterocycles. The highest BCUT2D eigenvalue weighted by molar-refractivity contribution is 6.36. The summed E-state index contributed by atoms with van der Waals surface area (Å²) in [6, 6.07) is 13.1. The third-order valence-corrected chi connectivity index (χ3v) is 10.1. The number of hydrogen-bond acceptors (Lipinski definition) is 7. The van der Waals surface area contributed by atoms with E-state index in [1.54, 1.807) is 34.1 Å². The molecule has 1 amide bonds. The summed E-state index contributed by atoms with van der Waals surface area (Å²) < 4.78 is 53.7. The standard InChI is InChI=1S/C35H32ClF3N6O2/c1-2-28(46)45-15-14-43(19-23(45)10-12-40)33-25-16-27(38)30(24-8-3-6-21-7-4-9-26(36)29(21)24)31(39)32(25)41-34(42-33)47-20-35-11-5-13-44(35)18-22(37)17-35/h2-4,6-9,16,22-23H,1,5,10-11,13-15,17-20H2/t22-,23+,35?/m1/s1.